The van der Waals surface area contributed by atoms with E-state index in [1.807, 2.05) is 25.6 Å². The molecule has 2 aromatic heterocycles. The molecular formula is C12H18ClN5S. The molecule has 104 valence electrons. The Balaban J connectivity index is 2.29. The lowest BCUT2D eigenvalue weighted by Crippen LogP contribution is -2.24. The van der Waals surface area contributed by atoms with E-state index in [9.17, 15) is 0 Å². The molecule has 2 heterocycles. The fraction of sp³-hybridized carbons (Fsp3) is 0.583. The van der Waals surface area contributed by atoms with Crippen molar-refractivity contribution >= 4 is 23.1 Å². The van der Waals surface area contributed by atoms with E-state index in [0.717, 1.165) is 39.9 Å². The molecule has 0 aliphatic rings. The second-order valence-corrected chi connectivity index (χ2v) is 5.67. The third kappa shape index (κ3) is 2.96. The molecule has 0 aromatic carbocycles. The van der Waals surface area contributed by atoms with Gasteiger partial charge in [0, 0.05) is 13.5 Å². The molecule has 0 aliphatic heterocycles. The molecule has 2 rings (SSSR count). The number of nitrogens with one attached hydrogen (secondary N) is 1. The van der Waals surface area contributed by atoms with Crippen molar-refractivity contribution in [3.05, 3.63) is 27.0 Å². The molecule has 19 heavy (non-hydrogen) atoms. The van der Waals surface area contributed by atoms with Crippen LogP contribution in [0, 0.1) is 13.8 Å². The first-order valence-electron chi connectivity index (χ1n) is 6.24. The van der Waals surface area contributed by atoms with E-state index in [4.69, 9.17) is 11.6 Å². The summed E-state index contributed by atoms with van der Waals surface area (Å²) in [6.45, 7) is 6.89. The second-order valence-electron chi connectivity index (χ2n) is 4.51. The smallest absolute Gasteiger partial charge is 0.0847 e. The number of hydrogen-bond acceptors (Lipinski definition) is 5. The number of aryl methyl sites for hydroxylation is 3. The minimum absolute atomic E-state index is 0.178. The fourth-order valence-electron chi connectivity index (χ4n) is 2.16. The van der Waals surface area contributed by atoms with Crippen LogP contribution in [0.1, 0.15) is 34.9 Å². The van der Waals surface area contributed by atoms with Gasteiger partial charge in [-0.15, -0.1) is 5.10 Å². The minimum Gasteiger partial charge on any atom is -0.309 e. The van der Waals surface area contributed by atoms with E-state index in [1.165, 1.54) is 11.5 Å². The third-order valence-corrected chi connectivity index (χ3v) is 4.54. The zero-order valence-electron chi connectivity index (χ0n) is 11.6. The number of nitrogens with zero attached hydrogens (tertiary/aromatic N) is 4. The average molecular weight is 300 g/mol. The normalized spacial score (nSPS) is 12.9. The van der Waals surface area contributed by atoms with E-state index in [2.05, 4.69) is 26.9 Å². The van der Waals surface area contributed by atoms with Gasteiger partial charge < -0.3 is 5.32 Å². The Bertz CT molecular complexity index is 562. The van der Waals surface area contributed by atoms with E-state index in [0.29, 0.717) is 0 Å². The molecule has 0 amide bonds. The molecule has 0 bridgehead atoms. The van der Waals surface area contributed by atoms with Gasteiger partial charge in [-0.1, -0.05) is 23.0 Å². The van der Waals surface area contributed by atoms with Crippen molar-refractivity contribution in [3.8, 4) is 0 Å². The summed E-state index contributed by atoms with van der Waals surface area (Å²) in [4.78, 5) is 1.16. The lowest BCUT2D eigenvalue weighted by atomic mass is 10.1. The summed E-state index contributed by atoms with van der Waals surface area (Å²) in [6, 6.07) is 0.178. The molecule has 0 radical (unpaired) electrons. The van der Waals surface area contributed by atoms with Crippen LogP contribution in [-0.4, -0.2) is 25.9 Å². The van der Waals surface area contributed by atoms with E-state index < -0.39 is 0 Å². The highest BCUT2D eigenvalue weighted by Gasteiger charge is 2.21. The van der Waals surface area contributed by atoms with Gasteiger partial charge in [0.2, 0.25) is 0 Å². The summed E-state index contributed by atoms with van der Waals surface area (Å²) in [7, 11) is 1.93. The Hall–Kier alpha value is -0.980. The molecular weight excluding hydrogens is 282 g/mol. The first kappa shape index (κ1) is 14.4. The van der Waals surface area contributed by atoms with Crippen molar-refractivity contribution in [2.75, 3.05) is 6.54 Å². The van der Waals surface area contributed by atoms with Crippen LogP contribution in [0.5, 0.6) is 0 Å². The van der Waals surface area contributed by atoms with Gasteiger partial charge in [0.15, 0.2) is 0 Å². The van der Waals surface area contributed by atoms with E-state index in [1.54, 1.807) is 0 Å². The van der Waals surface area contributed by atoms with Crippen molar-refractivity contribution < 1.29 is 0 Å². The first-order valence-corrected chi connectivity index (χ1v) is 7.39. The quantitative estimate of drug-likeness (QED) is 0.921. The van der Waals surface area contributed by atoms with Crippen LogP contribution in [0.15, 0.2) is 0 Å². The Morgan fingerprint density at radius 3 is 2.58 bits per heavy atom. The van der Waals surface area contributed by atoms with Gasteiger partial charge in [-0.25, -0.2) is 0 Å². The molecule has 7 heteroatoms. The maximum absolute atomic E-state index is 6.32. The molecule has 0 saturated heterocycles. The van der Waals surface area contributed by atoms with Gasteiger partial charge in [-0.2, -0.15) is 5.10 Å². The van der Waals surface area contributed by atoms with Gasteiger partial charge in [0.05, 0.1) is 33.0 Å². The molecule has 0 spiro atoms. The second kappa shape index (κ2) is 5.98. The van der Waals surface area contributed by atoms with Crippen molar-refractivity contribution in [2.24, 2.45) is 7.05 Å². The molecule has 5 nitrogen and oxygen atoms in total. The molecule has 0 aliphatic carbocycles. The topological polar surface area (TPSA) is 55.6 Å². The molecule has 0 saturated carbocycles. The van der Waals surface area contributed by atoms with Crippen LogP contribution in [0.25, 0.3) is 0 Å². The van der Waals surface area contributed by atoms with Crippen LogP contribution in [0.2, 0.25) is 5.02 Å². The number of halogens is 1. The van der Waals surface area contributed by atoms with Crippen LogP contribution in [0.3, 0.4) is 0 Å². The maximum Gasteiger partial charge on any atom is 0.0847 e. The Morgan fingerprint density at radius 2 is 2.11 bits per heavy atom. The first-order chi connectivity index (χ1) is 9.04. The number of aromatic nitrogens is 4. The van der Waals surface area contributed by atoms with Gasteiger partial charge >= 0.3 is 0 Å². The highest BCUT2D eigenvalue weighted by molar-refractivity contribution is 7.05. The monoisotopic (exact) mass is 299 g/mol. The van der Waals surface area contributed by atoms with Crippen LogP contribution in [0.4, 0.5) is 0 Å². The zero-order chi connectivity index (χ0) is 14.0. The summed E-state index contributed by atoms with van der Waals surface area (Å²) in [6.07, 6.45) is 0.786. The zero-order valence-corrected chi connectivity index (χ0v) is 13.1. The predicted octanol–water partition coefficient (Wildman–Crippen LogP) is 2.44. The summed E-state index contributed by atoms with van der Waals surface area (Å²) in [5.41, 5.74) is 2.89. The molecule has 0 fully saturated rings. The number of hydrogen-bond donors (Lipinski definition) is 1. The van der Waals surface area contributed by atoms with Gasteiger partial charge in [-0.05, 0) is 31.9 Å². The van der Waals surface area contributed by atoms with Crippen molar-refractivity contribution in [1.29, 1.82) is 0 Å². The van der Waals surface area contributed by atoms with Crippen molar-refractivity contribution in [1.82, 2.24) is 24.7 Å². The minimum atomic E-state index is 0.178. The summed E-state index contributed by atoms with van der Waals surface area (Å²) < 4.78 is 5.87. The standard InChI is InChI=1S/C12H18ClN5S/c1-5-14-9(12-8(3)15-17-19-12)6-10-11(13)7(2)16-18(10)4/h9,14H,5-6H2,1-4H3. The average Bonchev–Trinajstić information content (AvgIpc) is 2.88. The molecule has 1 N–H and O–H groups in total. The summed E-state index contributed by atoms with van der Waals surface area (Å²) in [5, 5.41) is 12.7. The highest BCUT2D eigenvalue weighted by atomic mass is 35.5. The third-order valence-electron chi connectivity index (χ3n) is 3.11. The van der Waals surface area contributed by atoms with E-state index in [-0.39, 0.29) is 6.04 Å². The van der Waals surface area contributed by atoms with Crippen LogP contribution >= 0.6 is 23.1 Å². The van der Waals surface area contributed by atoms with Crippen LogP contribution in [-0.2, 0) is 13.5 Å². The fourth-order valence-corrected chi connectivity index (χ4v) is 3.11. The summed E-state index contributed by atoms with van der Waals surface area (Å²) >= 11 is 7.76. The largest absolute Gasteiger partial charge is 0.309 e. The van der Waals surface area contributed by atoms with Gasteiger partial charge in [0.25, 0.3) is 0 Å². The lowest BCUT2D eigenvalue weighted by molar-refractivity contribution is 0.533. The van der Waals surface area contributed by atoms with Gasteiger partial charge in [-0.3, -0.25) is 4.68 Å². The Morgan fingerprint density at radius 1 is 1.37 bits per heavy atom. The Kier molecular flexibility index (Phi) is 4.54. The SMILES string of the molecule is CCNC(Cc1c(Cl)c(C)nn1C)c1snnc1C. The van der Waals surface area contributed by atoms with Crippen molar-refractivity contribution in [2.45, 2.75) is 33.2 Å². The van der Waals surface area contributed by atoms with Crippen LogP contribution < -0.4 is 5.32 Å². The number of rotatable bonds is 5. The number of likely N-dealkylation sites (N-methyl/N-ethyl adjacent to an activating group) is 1. The summed E-state index contributed by atoms with van der Waals surface area (Å²) in [5.74, 6) is 0. The highest BCUT2D eigenvalue weighted by Crippen LogP contribution is 2.28. The van der Waals surface area contributed by atoms with E-state index >= 15 is 0 Å². The lowest BCUT2D eigenvalue weighted by Gasteiger charge is -2.16. The predicted molar refractivity (Wildman–Crippen MR) is 77.7 cm³/mol. The Labute approximate surface area is 122 Å². The van der Waals surface area contributed by atoms with Crippen molar-refractivity contribution in [3.63, 3.8) is 0 Å². The maximum atomic E-state index is 6.32. The molecule has 1 unspecified atom stereocenters. The van der Waals surface area contributed by atoms with Gasteiger partial charge in [0.1, 0.15) is 0 Å². The molecule has 1 atom stereocenters. The molecule has 2 aromatic rings.